The number of nitrogens with zero attached hydrogens (tertiary/aromatic N) is 1. The summed E-state index contributed by atoms with van der Waals surface area (Å²) < 4.78 is 13.4. The smallest absolute Gasteiger partial charge is 0.130 e. The highest BCUT2D eigenvalue weighted by Crippen LogP contribution is 2.47. The van der Waals surface area contributed by atoms with Crippen molar-refractivity contribution in [1.29, 1.82) is 5.26 Å². The lowest BCUT2D eigenvalue weighted by Crippen LogP contribution is -2.04. The molecule has 2 rings (SSSR count). The summed E-state index contributed by atoms with van der Waals surface area (Å²) in [6.45, 7) is 0. The van der Waals surface area contributed by atoms with Crippen LogP contribution in [0.3, 0.4) is 0 Å². The van der Waals surface area contributed by atoms with Crippen molar-refractivity contribution in [3.63, 3.8) is 0 Å². The minimum atomic E-state index is -0.896. The lowest BCUT2D eigenvalue weighted by molar-refractivity contribution is 0.146. The second kappa shape index (κ2) is 3.80. The average molecular weight is 226 g/mol. The van der Waals surface area contributed by atoms with Crippen molar-refractivity contribution in [2.45, 2.75) is 12.5 Å². The molecular formula is C11H9ClFNO. The summed E-state index contributed by atoms with van der Waals surface area (Å²) in [5, 5.41) is 18.7. The molecule has 0 heterocycles. The van der Waals surface area contributed by atoms with Crippen LogP contribution in [0.4, 0.5) is 4.39 Å². The fourth-order valence-corrected chi connectivity index (χ4v) is 1.84. The van der Waals surface area contributed by atoms with Crippen molar-refractivity contribution in [1.82, 2.24) is 0 Å². The summed E-state index contributed by atoms with van der Waals surface area (Å²) in [5.74, 6) is -0.792. The maximum atomic E-state index is 13.4. The van der Waals surface area contributed by atoms with E-state index in [4.69, 9.17) is 16.9 Å². The summed E-state index contributed by atoms with van der Waals surface area (Å²) in [4.78, 5) is 0. The summed E-state index contributed by atoms with van der Waals surface area (Å²) in [7, 11) is 0. The van der Waals surface area contributed by atoms with Gasteiger partial charge in [-0.1, -0.05) is 17.7 Å². The second-order valence-electron chi connectivity index (χ2n) is 3.75. The molecule has 78 valence electrons. The van der Waals surface area contributed by atoms with Gasteiger partial charge in [-0.25, -0.2) is 4.39 Å². The van der Waals surface area contributed by atoms with Crippen molar-refractivity contribution in [2.24, 2.45) is 11.8 Å². The van der Waals surface area contributed by atoms with Crippen LogP contribution in [0.15, 0.2) is 18.2 Å². The number of rotatable bonds is 2. The van der Waals surface area contributed by atoms with Gasteiger partial charge in [0.05, 0.1) is 18.1 Å². The maximum absolute atomic E-state index is 13.4. The van der Waals surface area contributed by atoms with Gasteiger partial charge in [0.15, 0.2) is 0 Å². The number of aliphatic hydroxyl groups is 1. The van der Waals surface area contributed by atoms with Gasteiger partial charge in [-0.05, 0) is 18.6 Å². The predicted molar refractivity (Wildman–Crippen MR) is 53.6 cm³/mol. The molecule has 3 unspecified atom stereocenters. The van der Waals surface area contributed by atoms with Gasteiger partial charge in [0.25, 0.3) is 0 Å². The number of hydrogen-bond donors (Lipinski definition) is 1. The quantitative estimate of drug-likeness (QED) is 0.841. The van der Waals surface area contributed by atoms with Crippen LogP contribution in [0.1, 0.15) is 18.1 Å². The molecule has 0 saturated heterocycles. The first-order valence-electron chi connectivity index (χ1n) is 4.66. The highest BCUT2D eigenvalue weighted by atomic mass is 35.5. The van der Waals surface area contributed by atoms with Gasteiger partial charge in [0.1, 0.15) is 5.82 Å². The Hall–Kier alpha value is -1.11. The summed E-state index contributed by atoms with van der Waals surface area (Å²) >= 11 is 5.60. The molecular weight excluding hydrogens is 217 g/mol. The van der Waals surface area contributed by atoms with E-state index in [0.717, 1.165) is 0 Å². The van der Waals surface area contributed by atoms with Gasteiger partial charge in [0.2, 0.25) is 0 Å². The Morgan fingerprint density at radius 3 is 2.87 bits per heavy atom. The molecule has 4 heteroatoms. The minimum Gasteiger partial charge on any atom is -0.388 e. The Bertz CT molecular complexity index is 429. The molecule has 1 N–H and O–H groups in total. The lowest BCUT2D eigenvalue weighted by Gasteiger charge is -2.10. The third kappa shape index (κ3) is 1.97. The van der Waals surface area contributed by atoms with E-state index in [9.17, 15) is 9.50 Å². The van der Waals surface area contributed by atoms with Gasteiger partial charge >= 0.3 is 0 Å². The number of hydrogen-bond acceptors (Lipinski definition) is 2. The van der Waals surface area contributed by atoms with E-state index in [1.54, 1.807) is 0 Å². The molecule has 1 fully saturated rings. The van der Waals surface area contributed by atoms with E-state index in [0.29, 0.717) is 11.4 Å². The van der Waals surface area contributed by atoms with E-state index in [1.165, 1.54) is 18.2 Å². The Morgan fingerprint density at radius 2 is 2.33 bits per heavy atom. The van der Waals surface area contributed by atoms with E-state index < -0.39 is 11.9 Å². The number of benzene rings is 1. The van der Waals surface area contributed by atoms with Crippen molar-refractivity contribution in [3.8, 4) is 6.07 Å². The zero-order valence-electron chi connectivity index (χ0n) is 7.82. The Balaban J connectivity index is 2.20. The van der Waals surface area contributed by atoms with Gasteiger partial charge in [-0.3, -0.25) is 0 Å². The van der Waals surface area contributed by atoms with Crippen molar-refractivity contribution in [3.05, 3.63) is 34.6 Å². The molecule has 15 heavy (non-hydrogen) atoms. The van der Waals surface area contributed by atoms with Gasteiger partial charge in [0, 0.05) is 16.5 Å². The van der Waals surface area contributed by atoms with Crippen LogP contribution in [-0.4, -0.2) is 5.11 Å². The van der Waals surface area contributed by atoms with Gasteiger partial charge in [-0.2, -0.15) is 5.26 Å². The van der Waals surface area contributed by atoms with Crippen LogP contribution in [0.2, 0.25) is 5.02 Å². The second-order valence-corrected chi connectivity index (χ2v) is 4.18. The summed E-state index contributed by atoms with van der Waals surface area (Å²) in [5.41, 5.74) is 0.224. The number of aliphatic hydroxyl groups excluding tert-OH is 1. The average Bonchev–Trinajstić information content (AvgIpc) is 2.95. The lowest BCUT2D eigenvalue weighted by atomic mass is 10.0. The summed E-state index contributed by atoms with van der Waals surface area (Å²) in [6, 6.07) is 6.23. The van der Waals surface area contributed by atoms with Crippen LogP contribution < -0.4 is 0 Å². The maximum Gasteiger partial charge on any atom is 0.130 e. The molecule has 1 aliphatic rings. The summed E-state index contributed by atoms with van der Waals surface area (Å²) in [6.07, 6.45) is -0.258. The first kappa shape index (κ1) is 10.4. The number of nitriles is 1. The van der Waals surface area contributed by atoms with Crippen LogP contribution in [0, 0.1) is 29.0 Å². The molecule has 0 amide bonds. The fourth-order valence-electron chi connectivity index (χ4n) is 1.68. The highest BCUT2D eigenvalue weighted by Gasteiger charge is 2.43. The molecule has 0 bridgehead atoms. The highest BCUT2D eigenvalue weighted by molar-refractivity contribution is 6.30. The Morgan fingerprint density at radius 1 is 1.60 bits per heavy atom. The molecule has 0 aliphatic heterocycles. The third-order valence-electron chi connectivity index (χ3n) is 2.69. The fraction of sp³-hybridized carbons (Fsp3) is 0.364. The van der Waals surface area contributed by atoms with Gasteiger partial charge in [-0.15, -0.1) is 0 Å². The van der Waals surface area contributed by atoms with Crippen LogP contribution >= 0.6 is 11.6 Å². The Labute approximate surface area is 91.9 Å². The monoisotopic (exact) mass is 225 g/mol. The van der Waals surface area contributed by atoms with Crippen LogP contribution in [0.5, 0.6) is 0 Å². The molecule has 0 spiro atoms. The largest absolute Gasteiger partial charge is 0.388 e. The van der Waals surface area contributed by atoms with Crippen LogP contribution in [-0.2, 0) is 0 Å². The SMILES string of the molecule is N#CC1CC1C(O)c1ccc(Cl)cc1F. The molecule has 2 nitrogen and oxygen atoms in total. The van der Waals surface area contributed by atoms with E-state index in [1.807, 2.05) is 0 Å². The predicted octanol–water partition coefficient (Wildman–Crippen LogP) is 2.67. The molecule has 0 radical (unpaired) electrons. The molecule has 1 aromatic rings. The van der Waals surface area contributed by atoms with Crippen molar-refractivity contribution in [2.75, 3.05) is 0 Å². The zero-order chi connectivity index (χ0) is 11.0. The third-order valence-corrected chi connectivity index (χ3v) is 2.93. The molecule has 0 aromatic heterocycles. The van der Waals surface area contributed by atoms with E-state index in [2.05, 4.69) is 6.07 Å². The van der Waals surface area contributed by atoms with E-state index >= 15 is 0 Å². The first-order chi connectivity index (χ1) is 7.13. The number of halogens is 2. The van der Waals surface area contributed by atoms with Gasteiger partial charge < -0.3 is 5.11 Å². The van der Waals surface area contributed by atoms with E-state index in [-0.39, 0.29) is 17.4 Å². The topological polar surface area (TPSA) is 44.0 Å². The molecule has 1 saturated carbocycles. The first-order valence-corrected chi connectivity index (χ1v) is 5.04. The van der Waals surface area contributed by atoms with Crippen LogP contribution in [0.25, 0.3) is 0 Å². The molecule has 1 aliphatic carbocycles. The Kier molecular flexibility index (Phi) is 2.64. The van der Waals surface area contributed by atoms with Crippen molar-refractivity contribution < 1.29 is 9.50 Å². The standard InChI is InChI=1S/C11H9ClFNO/c12-7-1-2-8(10(13)4-7)11(15)9-3-6(9)5-14/h1-2,4,6,9,11,15H,3H2. The van der Waals surface area contributed by atoms with Crippen molar-refractivity contribution >= 4 is 11.6 Å². The minimum absolute atomic E-state index is 0.134. The normalized spacial score (nSPS) is 25.7. The molecule has 3 atom stereocenters. The molecule has 1 aromatic carbocycles. The zero-order valence-corrected chi connectivity index (χ0v) is 8.58.